The minimum atomic E-state index is -0.228. The summed E-state index contributed by atoms with van der Waals surface area (Å²) in [6.45, 7) is 2.63. The van der Waals surface area contributed by atoms with Crippen LogP contribution in [0.5, 0.6) is 5.75 Å². The maximum Gasteiger partial charge on any atom is 0.258 e. The summed E-state index contributed by atoms with van der Waals surface area (Å²) in [6.07, 6.45) is 2.88. The molecule has 21 heavy (non-hydrogen) atoms. The molecule has 0 saturated carbocycles. The third-order valence-corrected chi connectivity index (χ3v) is 2.83. The van der Waals surface area contributed by atoms with Crippen molar-refractivity contribution in [1.82, 2.24) is 14.9 Å². The molecule has 0 aliphatic heterocycles. The van der Waals surface area contributed by atoms with Gasteiger partial charge in [-0.2, -0.15) is 0 Å². The lowest BCUT2D eigenvalue weighted by atomic mass is 10.2. The number of hydrogen-bond acceptors (Lipinski definition) is 4. The summed E-state index contributed by atoms with van der Waals surface area (Å²) in [5.41, 5.74) is 0.930. The first-order valence-electron chi connectivity index (χ1n) is 6.62. The van der Waals surface area contributed by atoms with Crippen molar-refractivity contribution in [3.05, 3.63) is 58.8 Å². The molecule has 0 saturated heterocycles. The zero-order chi connectivity index (χ0) is 15.1. The van der Waals surface area contributed by atoms with Gasteiger partial charge in [-0.25, -0.2) is 4.98 Å². The van der Waals surface area contributed by atoms with Gasteiger partial charge >= 0.3 is 0 Å². The second-order valence-electron chi connectivity index (χ2n) is 4.57. The highest BCUT2D eigenvalue weighted by atomic mass is 16.5. The summed E-state index contributed by atoms with van der Waals surface area (Å²) in [6, 6.07) is 8.87. The second-order valence-corrected chi connectivity index (χ2v) is 4.57. The Morgan fingerprint density at radius 3 is 3.00 bits per heavy atom. The summed E-state index contributed by atoms with van der Waals surface area (Å²) < 4.78 is 6.81. The van der Waals surface area contributed by atoms with Crippen molar-refractivity contribution < 1.29 is 9.53 Å². The fraction of sp³-hybridized carbons (Fsp3) is 0.267. The van der Waals surface area contributed by atoms with Crippen molar-refractivity contribution in [1.29, 1.82) is 0 Å². The molecule has 0 bridgehead atoms. The molecule has 2 rings (SSSR count). The Morgan fingerprint density at radius 2 is 2.24 bits per heavy atom. The summed E-state index contributed by atoms with van der Waals surface area (Å²) in [5.74, 6) is 0.432. The molecule has 0 atom stereocenters. The average Bonchev–Trinajstić information content (AvgIpc) is 2.47. The van der Waals surface area contributed by atoms with Crippen LogP contribution in [0.1, 0.15) is 5.56 Å². The van der Waals surface area contributed by atoms with E-state index in [4.69, 9.17) is 4.74 Å². The van der Waals surface area contributed by atoms with E-state index in [0.717, 1.165) is 5.56 Å². The van der Waals surface area contributed by atoms with Crippen LogP contribution in [0, 0.1) is 6.92 Å². The van der Waals surface area contributed by atoms with Gasteiger partial charge in [-0.3, -0.25) is 14.2 Å². The van der Waals surface area contributed by atoms with Gasteiger partial charge in [0.25, 0.3) is 11.5 Å². The van der Waals surface area contributed by atoms with Gasteiger partial charge in [-0.05, 0) is 24.6 Å². The van der Waals surface area contributed by atoms with Crippen LogP contribution in [0.2, 0.25) is 0 Å². The number of benzene rings is 1. The third-order valence-electron chi connectivity index (χ3n) is 2.83. The number of rotatable bonds is 6. The SMILES string of the molecule is Cc1cccc(OCC(=O)NCCn2cnccc2=O)c1. The zero-order valence-electron chi connectivity index (χ0n) is 11.8. The van der Waals surface area contributed by atoms with Crippen molar-refractivity contribution in [2.24, 2.45) is 0 Å². The molecule has 1 aromatic carbocycles. The van der Waals surface area contributed by atoms with Gasteiger partial charge in [0.15, 0.2) is 6.61 Å². The van der Waals surface area contributed by atoms with Gasteiger partial charge in [0, 0.05) is 25.4 Å². The summed E-state index contributed by atoms with van der Waals surface area (Å²) in [5, 5.41) is 2.69. The smallest absolute Gasteiger partial charge is 0.258 e. The Bertz CT molecular complexity index is 667. The second kappa shape index (κ2) is 7.23. The fourth-order valence-corrected chi connectivity index (χ4v) is 1.77. The van der Waals surface area contributed by atoms with Gasteiger partial charge in [0.05, 0.1) is 6.33 Å². The van der Waals surface area contributed by atoms with E-state index >= 15 is 0 Å². The molecule has 6 nitrogen and oxygen atoms in total. The number of aryl methyl sites for hydroxylation is 1. The molecule has 1 aromatic heterocycles. The average molecular weight is 287 g/mol. The van der Waals surface area contributed by atoms with Crippen molar-refractivity contribution in [3.8, 4) is 5.75 Å². The van der Waals surface area contributed by atoms with Crippen molar-refractivity contribution in [2.75, 3.05) is 13.2 Å². The Morgan fingerprint density at radius 1 is 1.38 bits per heavy atom. The third kappa shape index (κ3) is 4.76. The lowest BCUT2D eigenvalue weighted by Gasteiger charge is -2.08. The van der Waals surface area contributed by atoms with Crippen molar-refractivity contribution in [2.45, 2.75) is 13.5 Å². The molecule has 0 radical (unpaired) electrons. The number of amides is 1. The first-order valence-corrected chi connectivity index (χ1v) is 6.62. The van der Waals surface area contributed by atoms with E-state index in [2.05, 4.69) is 10.3 Å². The van der Waals surface area contributed by atoms with Crippen molar-refractivity contribution >= 4 is 5.91 Å². The van der Waals surface area contributed by atoms with E-state index in [1.807, 2.05) is 25.1 Å². The topological polar surface area (TPSA) is 73.2 Å². The highest BCUT2D eigenvalue weighted by molar-refractivity contribution is 5.77. The normalized spacial score (nSPS) is 10.1. The monoisotopic (exact) mass is 287 g/mol. The number of nitrogens with one attached hydrogen (secondary N) is 1. The fourth-order valence-electron chi connectivity index (χ4n) is 1.77. The quantitative estimate of drug-likeness (QED) is 0.851. The van der Waals surface area contributed by atoms with Crippen LogP contribution in [0.15, 0.2) is 47.7 Å². The number of nitrogens with zero attached hydrogens (tertiary/aromatic N) is 2. The number of ether oxygens (including phenoxy) is 1. The van der Waals surface area contributed by atoms with Crippen LogP contribution in [-0.2, 0) is 11.3 Å². The van der Waals surface area contributed by atoms with Crippen LogP contribution >= 0.6 is 0 Å². The van der Waals surface area contributed by atoms with E-state index in [-0.39, 0.29) is 18.1 Å². The lowest BCUT2D eigenvalue weighted by molar-refractivity contribution is -0.123. The molecule has 1 heterocycles. The van der Waals surface area contributed by atoms with Crippen LogP contribution in [0.3, 0.4) is 0 Å². The molecule has 0 unspecified atom stereocenters. The van der Waals surface area contributed by atoms with E-state index in [9.17, 15) is 9.59 Å². The largest absolute Gasteiger partial charge is 0.484 e. The van der Waals surface area contributed by atoms with Crippen molar-refractivity contribution in [3.63, 3.8) is 0 Å². The van der Waals surface area contributed by atoms with Crippen LogP contribution in [-0.4, -0.2) is 28.6 Å². The molecular formula is C15H17N3O3. The maximum atomic E-state index is 11.6. The lowest BCUT2D eigenvalue weighted by Crippen LogP contribution is -2.33. The number of carbonyl (C=O) groups excluding carboxylic acids is 1. The molecule has 6 heteroatoms. The molecule has 1 amide bonds. The molecule has 2 aromatic rings. The minimum Gasteiger partial charge on any atom is -0.484 e. The Kier molecular flexibility index (Phi) is 5.09. The number of aromatic nitrogens is 2. The van der Waals surface area contributed by atoms with Gasteiger partial charge in [0.2, 0.25) is 0 Å². The summed E-state index contributed by atoms with van der Waals surface area (Å²) >= 11 is 0. The van der Waals surface area contributed by atoms with Gasteiger partial charge < -0.3 is 10.1 Å². The molecule has 0 aliphatic rings. The van der Waals surface area contributed by atoms with E-state index in [1.54, 1.807) is 6.07 Å². The molecule has 0 aliphatic carbocycles. The Labute approximate surface area is 122 Å². The zero-order valence-corrected chi connectivity index (χ0v) is 11.8. The molecule has 0 spiro atoms. The van der Waals surface area contributed by atoms with Crippen LogP contribution in [0.4, 0.5) is 0 Å². The Balaban J connectivity index is 1.73. The minimum absolute atomic E-state index is 0.0502. The highest BCUT2D eigenvalue weighted by Crippen LogP contribution is 2.11. The standard InChI is InChI=1S/C15H17N3O3/c1-12-3-2-4-13(9-12)21-10-14(19)17-7-8-18-11-16-6-5-15(18)20/h2-6,9,11H,7-8,10H2,1H3,(H,17,19). The maximum absolute atomic E-state index is 11.6. The van der Waals surface area contributed by atoms with E-state index in [1.165, 1.54) is 23.2 Å². The van der Waals surface area contributed by atoms with Crippen LogP contribution in [0.25, 0.3) is 0 Å². The van der Waals surface area contributed by atoms with E-state index < -0.39 is 0 Å². The highest BCUT2D eigenvalue weighted by Gasteiger charge is 2.03. The molecule has 110 valence electrons. The molecule has 0 fully saturated rings. The van der Waals surface area contributed by atoms with E-state index in [0.29, 0.717) is 18.8 Å². The number of carbonyl (C=O) groups is 1. The van der Waals surface area contributed by atoms with Gasteiger partial charge in [0.1, 0.15) is 5.75 Å². The summed E-state index contributed by atoms with van der Waals surface area (Å²) in [4.78, 5) is 26.9. The first kappa shape index (κ1) is 14.8. The Hall–Kier alpha value is -2.63. The van der Waals surface area contributed by atoms with Gasteiger partial charge in [-0.15, -0.1) is 0 Å². The molecular weight excluding hydrogens is 270 g/mol. The first-order chi connectivity index (χ1) is 10.1. The predicted octanol–water partition coefficient (Wildman–Crippen LogP) is 0.747. The van der Waals surface area contributed by atoms with Crippen LogP contribution < -0.4 is 15.6 Å². The van der Waals surface area contributed by atoms with Gasteiger partial charge in [-0.1, -0.05) is 12.1 Å². The predicted molar refractivity (Wildman–Crippen MR) is 78.2 cm³/mol. The molecule has 1 N–H and O–H groups in total. The number of hydrogen-bond donors (Lipinski definition) is 1. The summed E-state index contributed by atoms with van der Waals surface area (Å²) in [7, 11) is 0.